The molecule has 2 heterocycles. The number of hydrogen-bond donors (Lipinski definition) is 0. The van der Waals surface area contributed by atoms with Crippen LogP contribution in [0.3, 0.4) is 0 Å². The van der Waals surface area contributed by atoms with Gasteiger partial charge in [0.2, 0.25) is 10.0 Å². The lowest BCUT2D eigenvalue weighted by molar-refractivity contribution is 0.254. The molecule has 136 valence electrons. The third-order valence-electron chi connectivity index (χ3n) is 5.21. The zero-order chi connectivity index (χ0) is 18.1. The first-order valence-corrected chi connectivity index (χ1v) is 10.4. The van der Waals surface area contributed by atoms with E-state index in [0.717, 1.165) is 36.0 Å². The van der Waals surface area contributed by atoms with Crippen molar-refractivity contribution in [2.45, 2.75) is 31.2 Å². The number of nitrogens with zero attached hydrogens (tertiary/aromatic N) is 3. The number of hydrogen-bond acceptors (Lipinski definition) is 3. The van der Waals surface area contributed by atoms with Gasteiger partial charge in [0, 0.05) is 19.6 Å². The van der Waals surface area contributed by atoms with Crippen molar-refractivity contribution in [3.63, 3.8) is 0 Å². The highest BCUT2D eigenvalue weighted by Gasteiger charge is 2.29. The molecule has 0 saturated carbocycles. The van der Waals surface area contributed by atoms with Crippen LogP contribution in [-0.4, -0.2) is 35.4 Å². The van der Waals surface area contributed by atoms with Crippen molar-refractivity contribution in [2.24, 2.45) is 5.92 Å². The Hall–Kier alpha value is -2.18. The molecule has 1 aromatic heterocycles. The van der Waals surface area contributed by atoms with Crippen molar-refractivity contribution >= 4 is 21.1 Å². The molecule has 4 rings (SSSR count). The van der Waals surface area contributed by atoms with Crippen LogP contribution in [0, 0.1) is 12.8 Å². The average Bonchev–Trinajstić information content (AvgIpc) is 3.06. The molecule has 5 nitrogen and oxygen atoms in total. The van der Waals surface area contributed by atoms with E-state index in [1.807, 2.05) is 43.6 Å². The Bertz CT molecular complexity index is 1000. The van der Waals surface area contributed by atoms with E-state index in [1.165, 1.54) is 0 Å². The molecule has 0 unspecified atom stereocenters. The van der Waals surface area contributed by atoms with Gasteiger partial charge in [-0.25, -0.2) is 13.4 Å². The van der Waals surface area contributed by atoms with Gasteiger partial charge in [-0.15, -0.1) is 0 Å². The lowest BCUT2D eigenvalue weighted by atomic mass is 9.98. The van der Waals surface area contributed by atoms with Gasteiger partial charge in [-0.05, 0) is 49.9 Å². The van der Waals surface area contributed by atoms with Crippen LogP contribution in [0.1, 0.15) is 18.4 Å². The van der Waals surface area contributed by atoms with E-state index < -0.39 is 10.0 Å². The van der Waals surface area contributed by atoms with Crippen molar-refractivity contribution in [3.05, 3.63) is 60.4 Å². The van der Waals surface area contributed by atoms with Gasteiger partial charge in [0.25, 0.3) is 0 Å². The molecule has 0 spiro atoms. The second-order valence-electron chi connectivity index (χ2n) is 7.05. The van der Waals surface area contributed by atoms with Gasteiger partial charge in [-0.3, -0.25) is 0 Å². The SMILES string of the molecule is Cc1ccc(S(=O)(=O)N2CCC(Cn3cnc4ccccc43)CC2)cc1. The Kier molecular flexibility index (Phi) is 4.54. The number of sulfonamides is 1. The first-order chi connectivity index (χ1) is 12.5. The van der Waals surface area contributed by atoms with E-state index in [1.54, 1.807) is 16.4 Å². The van der Waals surface area contributed by atoms with Gasteiger partial charge < -0.3 is 4.57 Å². The molecule has 3 aromatic rings. The van der Waals surface area contributed by atoms with Gasteiger partial charge in [0.05, 0.1) is 22.3 Å². The van der Waals surface area contributed by atoms with Crippen LogP contribution < -0.4 is 0 Å². The van der Waals surface area contributed by atoms with E-state index >= 15 is 0 Å². The van der Waals surface area contributed by atoms with E-state index in [-0.39, 0.29) is 0 Å². The van der Waals surface area contributed by atoms with Crippen molar-refractivity contribution in [2.75, 3.05) is 13.1 Å². The van der Waals surface area contributed by atoms with Crippen LogP contribution >= 0.6 is 0 Å². The maximum absolute atomic E-state index is 12.8. The van der Waals surface area contributed by atoms with Crippen LogP contribution in [0.2, 0.25) is 0 Å². The molecule has 0 N–H and O–H groups in total. The second kappa shape index (κ2) is 6.85. The first-order valence-electron chi connectivity index (χ1n) is 9.01. The molecule has 1 saturated heterocycles. The lowest BCUT2D eigenvalue weighted by Gasteiger charge is -2.31. The summed E-state index contributed by atoms with van der Waals surface area (Å²) >= 11 is 0. The summed E-state index contributed by atoms with van der Waals surface area (Å²) in [5, 5.41) is 0. The van der Waals surface area contributed by atoms with Crippen LogP contribution in [0.25, 0.3) is 11.0 Å². The minimum Gasteiger partial charge on any atom is -0.330 e. The molecule has 1 aliphatic rings. The number of aryl methyl sites for hydroxylation is 1. The van der Waals surface area contributed by atoms with Crippen molar-refractivity contribution in [3.8, 4) is 0 Å². The molecule has 0 atom stereocenters. The largest absolute Gasteiger partial charge is 0.330 e. The molecule has 0 radical (unpaired) electrons. The fraction of sp³-hybridized carbons (Fsp3) is 0.350. The van der Waals surface area contributed by atoms with Crippen LogP contribution in [0.4, 0.5) is 0 Å². The minimum absolute atomic E-state index is 0.391. The number of rotatable bonds is 4. The Morgan fingerprint density at radius 3 is 2.46 bits per heavy atom. The van der Waals surface area contributed by atoms with Crippen LogP contribution in [0.15, 0.2) is 59.8 Å². The Morgan fingerprint density at radius 2 is 1.73 bits per heavy atom. The first kappa shape index (κ1) is 17.2. The third-order valence-corrected chi connectivity index (χ3v) is 7.13. The molecule has 0 amide bonds. The van der Waals surface area contributed by atoms with Gasteiger partial charge in [0.15, 0.2) is 0 Å². The Balaban J connectivity index is 1.43. The summed E-state index contributed by atoms with van der Waals surface area (Å²) in [6, 6.07) is 15.2. The molecule has 26 heavy (non-hydrogen) atoms. The van der Waals surface area contributed by atoms with Gasteiger partial charge in [-0.1, -0.05) is 29.8 Å². The number of piperidine rings is 1. The summed E-state index contributed by atoms with van der Waals surface area (Å²) in [5.74, 6) is 0.470. The fourth-order valence-corrected chi connectivity index (χ4v) is 5.10. The number of aromatic nitrogens is 2. The quantitative estimate of drug-likeness (QED) is 0.708. The van der Waals surface area contributed by atoms with Gasteiger partial charge >= 0.3 is 0 Å². The van der Waals surface area contributed by atoms with Gasteiger partial charge in [0.1, 0.15) is 0 Å². The van der Waals surface area contributed by atoms with E-state index in [4.69, 9.17) is 0 Å². The molecular formula is C20H23N3O2S. The molecule has 0 aliphatic carbocycles. The maximum atomic E-state index is 12.8. The summed E-state index contributed by atoms with van der Waals surface area (Å²) in [4.78, 5) is 4.83. The van der Waals surface area contributed by atoms with Crippen molar-refractivity contribution in [1.29, 1.82) is 0 Å². The summed E-state index contributed by atoms with van der Waals surface area (Å²) in [7, 11) is -3.38. The summed E-state index contributed by atoms with van der Waals surface area (Å²) in [5.41, 5.74) is 3.21. The highest BCUT2D eigenvalue weighted by atomic mass is 32.2. The molecule has 0 bridgehead atoms. The zero-order valence-electron chi connectivity index (χ0n) is 14.9. The molecule has 6 heteroatoms. The average molecular weight is 369 g/mol. The summed E-state index contributed by atoms with van der Waals surface area (Å²) in [6.07, 6.45) is 3.63. The van der Waals surface area contributed by atoms with Crippen LogP contribution in [-0.2, 0) is 16.6 Å². The van der Waals surface area contributed by atoms with E-state index in [2.05, 4.69) is 15.6 Å². The highest BCUT2D eigenvalue weighted by Crippen LogP contribution is 2.26. The number of fused-ring (bicyclic) bond motifs is 1. The smallest absolute Gasteiger partial charge is 0.243 e. The maximum Gasteiger partial charge on any atom is 0.243 e. The van der Waals surface area contributed by atoms with E-state index in [9.17, 15) is 8.42 Å². The van der Waals surface area contributed by atoms with Crippen molar-refractivity contribution in [1.82, 2.24) is 13.9 Å². The van der Waals surface area contributed by atoms with E-state index in [0.29, 0.717) is 23.9 Å². The monoisotopic (exact) mass is 369 g/mol. The predicted molar refractivity (Wildman–Crippen MR) is 102 cm³/mol. The summed E-state index contributed by atoms with van der Waals surface area (Å²) < 4.78 is 29.4. The normalized spacial score (nSPS) is 17.0. The van der Waals surface area contributed by atoms with Crippen LogP contribution in [0.5, 0.6) is 0 Å². The molecule has 2 aromatic carbocycles. The third kappa shape index (κ3) is 3.27. The zero-order valence-corrected chi connectivity index (χ0v) is 15.7. The fourth-order valence-electron chi connectivity index (χ4n) is 3.63. The number of para-hydroxylation sites is 2. The topological polar surface area (TPSA) is 55.2 Å². The Labute approximate surface area is 154 Å². The standard InChI is InChI=1S/C20H23N3O2S/c1-16-6-8-18(9-7-16)26(24,25)23-12-10-17(11-13-23)14-22-15-21-19-4-2-3-5-20(19)22/h2-9,15,17H,10-14H2,1H3. The molecule has 1 fully saturated rings. The Morgan fingerprint density at radius 1 is 1.04 bits per heavy atom. The lowest BCUT2D eigenvalue weighted by Crippen LogP contribution is -2.39. The minimum atomic E-state index is -3.38. The molecule has 1 aliphatic heterocycles. The number of imidazole rings is 1. The number of benzene rings is 2. The summed E-state index contributed by atoms with van der Waals surface area (Å²) in [6.45, 7) is 4.00. The molecular weight excluding hydrogens is 346 g/mol. The second-order valence-corrected chi connectivity index (χ2v) is 8.98. The predicted octanol–water partition coefficient (Wildman–Crippen LogP) is 3.45. The highest BCUT2D eigenvalue weighted by molar-refractivity contribution is 7.89. The van der Waals surface area contributed by atoms with Gasteiger partial charge in [-0.2, -0.15) is 4.31 Å². The van der Waals surface area contributed by atoms with Crippen molar-refractivity contribution < 1.29 is 8.42 Å².